The molecule has 1 heteroatoms. The van der Waals surface area contributed by atoms with E-state index in [1.807, 2.05) is 0 Å². The van der Waals surface area contributed by atoms with Gasteiger partial charge in [-0.2, -0.15) is 0 Å². The van der Waals surface area contributed by atoms with Gasteiger partial charge in [0.15, 0.2) is 0 Å². The minimum Gasteiger partial charge on any atom is -0.317 e. The summed E-state index contributed by atoms with van der Waals surface area (Å²) in [5, 5.41) is 3.54. The lowest BCUT2D eigenvalue weighted by atomic mass is 10.0. The van der Waals surface area contributed by atoms with E-state index in [2.05, 4.69) is 19.2 Å². The van der Waals surface area contributed by atoms with Crippen molar-refractivity contribution in [3.8, 4) is 0 Å². The summed E-state index contributed by atoms with van der Waals surface area (Å²) in [6, 6.07) is 0. The summed E-state index contributed by atoms with van der Waals surface area (Å²) < 4.78 is 0. The Bertz CT molecular complexity index is 192. The second-order valence-corrected chi connectivity index (χ2v) is 8.11. The monoisotopic (exact) mass is 353 g/mol. The van der Waals surface area contributed by atoms with Gasteiger partial charge in [0.2, 0.25) is 0 Å². The molecule has 0 atom stereocenters. The van der Waals surface area contributed by atoms with Crippen LogP contribution in [0.15, 0.2) is 0 Å². The fourth-order valence-corrected chi connectivity index (χ4v) is 3.58. The lowest BCUT2D eigenvalue weighted by molar-refractivity contribution is 0.521. The van der Waals surface area contributed by atoms with Gasteiger partial charge in [-0.25, -0.2) is 0 Å². The summed E-state index contributed by atoms with van der Waals surface area (Å²) in [5.41, 5.74) is 0. The molecule has 1 N–H and O–H groups in total. The zero-order valence-electron chi connectivity index (χ0n) is 18.1. The van der Waals surface area contributed by atoms with Gasteiger partial charge in [-0.3, -0.25) is 0 Å². The van der Waals surface area contributed by atoms with Gasteiger partial charge in [0.05, 0.1) is 0 Å². The molecule has 0 aromatic rings. The fourth-order valence-electron chi connectivity index (χ4n) is 3.58. The van der Waals surface area contributed by atoms with E-state index in [0.29, 0.717) is 0 Å². The second kappa shape index (κ2) is 24.0. The van der Waals surface area contributed by atoms with Crippen LogP contribution in [0.2, 0.25) is 0 Å². The normalized spacial score (nSPS) is 11.3. The molecule has 0 amide bonds. The van der Waals surface area contributed by atoms with Crippen molar-refractivity contribution in [2.24, 2.45) is 0 Å². The largest absolute Gasteiger partial charge is 0.317 e. The molecule has 152 valence electrons. The quantitative estimate of drug-likeness (QED) is 0.193. The number of hydrogen-bond acceptors (Lipinski definition) is 1. The first-order valence-electron chi connectivity index (χ1n) is 12.1. The number of hydrogen-bond donors (Lipinski definition) is 1. The van der Waals surface area contributed by atoms with Crippen molar-refractivity contribution in [2.75, 3.05) is 13.1 Å². The van der Waals surface area contributed by atoms with E-state index < -0.39 is 0 Å². The van der Waals surface area contributed by atoms with Gasteiger partial charge in [0, 0.05) is 0 Å². The molecule has 0 saturated heterocycles. The Morgan fingerprint density at radius 1 is 0.320 bits per heavy atom. The van der Waals surface area contributed by atoms with E-state index in [4.69, 9.17) is 0 Å². The molecule has 0 aromatic carbocycles. The topological polar surface area (TPSA) is 12.0 Å². The highest BCUT2D eigenvalue weighted by Crippen LogP contribution is 2.14. The molecule has 0 spiro atoms. The molecule has 0 aliphatic rings. The Labute approximate surface area is 161 Å². The molecular formula is C24H51N. The van der Waals surface area contributed by atoms with Crippen molar-refractivity contribution in [1.29, 1.82) is 0 Å². The molecule has 0 aliphatic carbocycles. The van der Waals surface area contributed by atoms with Crippen LogP contribution in [-0.2, 0) is 0 Å². The van der Waals surface area contributed by atoms with Crippen molar-refractivity contribution >= 4 is 0 Å². The highest BCUT2D eigenvalue weighted by Gasteiger charge is 1.95. The van der Waals surface area contributed by atoms with Gasteiger partial charge >= 0.3 is 0 Å². The Balaban J connectivity index is 2.94. The van der Waals surface area contributed by atoms with Crippen LogP contribution < -0.4 is 5.32 Å². The van der Waals surface area contributed by atoms with Gasteiger partial charge in [-0.15, -0.1) is 0 Å². The molecule has 0 heterocycles. The van der Waals surface area contributed by atoms with Crippen LogP contribution in [0.4, 0.5) is 0 Å². The highest BCUT2D eigenvalue weighted by molar-refractivity contribution is 4.52. The first kappa shape index (κ1) is 25.0. The Morgan fingerprint density at radius 2 is 0.600 bits per heavy atom. The zero-order valence-corrected chi connectivity index (χ0v) is 18.1. The van der Waals surface area contributed by atoms with Crippen molar-refractivity contribution < 1.29 is 0 Å². The molecule has 0 radical (unpaired) electrons. The Hall–Kier alpha value is -0.0400. The van der Waals surface area contributed by atoms with Crippen LogP contribution in [-0.4, -0.2) is 13.1 Å². The number of nitrogens with one attached hydrogen (secondary N) is 1. The summed E-state index contributed by atoms with van der Waals surface area (Å²) in [4.78, 5) is 0. The van der Waals surface area contributed by atoms with Gasteiger partial charge in [-0.1, -0.05) is 129 Å². The van der Waals surface area contributed by atoms with Crippen LogP contribution in [0.5, 0.6) is 0 Å². The van der Waals surface area contributed by atoms with Crippen LogP contribution in [0, 0.1) is 0 Å². The Morgan fingerprint density at radius 3 is 0.960 bits per heavy atom. The van der Waals surface area contributed by atoms with Gasteiger partial charge in [0.25, 0.3) is 0 Å². The van der Waals surface area contributed by atoms with E-state index >= 15 is 0 Å². The van der Waals surface area contributed by atoms with Gasteiger partial charge < -0.3 is 5.32 Å². The molecule has 0 bridgehead atoms. The maximum Gasteiger partial charge on any atom is -0.00489 e. The summed E-state index contributed by atoms with van der Waals surface area (Å²) in [6.45, 7) is 7.01. The molecular weight excluding hydrogens is 302 g/mol. The first-order chi connectivity index (χ1) is 12.4. The predicted octanol–water partition coefficient (Wildman–Crippen LogP) is 8.42. The number of unbranched alkanes of at least 4 members (excludes halogenated alkanes) is 18. The van der Waals surface area contributed by atoms with Crippen molar-refractivity contribution in [3.05, 3.63) is 0 Å². The third kappa shape index (κ3) is 24.0. The Kier molecular flexibility index (Phi) is 23.9. The third-order valence-corrected chi connectivity index (χ3v) is 5.41. The molecule has 0 aliphatic heterocycles. The highest BCUT2D eigenvalue weighted by atomic mass is 14.8. The molecule has 0 saturated carbocycles. The van der Waals surface area contributed by atoms with Crippen LogP contribution in [0.3, 0.4) is 0 Å². The summed E-state index contributed by atoms with van der Waals surface area (Å²) >= 11 is 0. The van der Waals surface area contributed by atoms with Crippen LogP contribution in [0.1, 0.15) is 142 Å². The standard InChI is InChI=1S/C24H51N/c1-3-5-7-8-9-10-11-12-13-14-15-16-17-18-19-20-21-22-24-25-23-6-4-2/h25H,3-24H2,1-2H3. The van der Waals surface area contributed by atoms with Gasteiger partial charge in [0.1, 0.15) is 0 Å². The zero-order chi connectivity index (χ0) is 18.3. The second-order valence-electron chi connectivity index (χ2n) is 8.11. The van der Waals surface area contributed by atoms with E-state index in [1.165, 1.54) is 142 Å². The van der Waals surface area contributed by atoms with Crippen molar-refractivity contribution in [2.45, 2.75) is 142 Å². The molecule has 0 aromatic heterocycles. The molecule has 0 fully saturated rings. The minimum absolute atomic E-state index is 1.22. The lowest BCUT2D eigenvalue weighted by Gasteiger charge is -2.05. The average Bonchev–Trinajstić information content (AvgIpc) is 2.63. The SMILES string of the molecule is CCCCCCCCCCCCCCCCCCCCNCCCC. The van der Waals surface area contributed by atoms with E-state index in [9.17, 15) is 0 Å². The number of rotatable bonds is 22. The third-order valence-electron chi connectivity index (χ3n) is 5.41. The van der Waals surface area contributed by atoms with E-state index in [-0.39, 0.29) is 0 Å². The average molecular weight is 354 g/mol. The summed E-state index contributed by atoms with van der Waals surface area (Å²) in [5.74, 6) is 0. The molecule has 1 nitrogen and oxygen atoms in total. The van der Waals surface area contributed by atoms with Gasteiger partial charge in [-0.05, 0) is 25.9 Å². The van der Waals surface area contributed by atoms with E-state index in [1.54, 1.807) is 0 Å². The predicted molar refractivity (Wildman–Crippen MR) is 117 cm³/mol. The smallest absolute Gasteiger partial charge is 0.00489 e. The van der Waals surface area contributed by atoms with Crippen molar-refractivity contribution in [1.82, 2.24) is 5.32 Å². The first-order valence-corrected chi connectivity index (χ1v) is 12.1. The maximum absolute atomic E-state index is 3.54. The van der Waals surface area contributed by atoms with Crippen LogP contribution in [0.25, 0.3) is 0 Å². The summed E-state index contributed by atoms with van der Waals surface area (Å²) in [7, 11) is 0. The minimum atomic E-state index is 1.22. The molecule has 0 rings (SSSR count). The summed E-state index contributed by atoms with van der Waals surface area (Å²) in [6.07, 6.45) is 28.9. The maximum atomic E-state index is 3.54. The van der Waals surface area contributed by atoms with E-state index in [0.717, 1.165) is 0 Å². The van der Waals surface area contributed by atoms with Crippen molar-refractivity contribution in [3.63, 3.8) is 0 Å². The molecule has 0 unspecified atom stereocenters. The lowest BCUT2D eigenvalue weighted by Crippen LogP contribution is -2.16. The van der Waals surface area contributed by atoms with Crippen LogP contribution >= 0.6 is 0 Å². The molecule has 25 heavy (non-hydrogen) atoms. The fraction of sp³-hybridized carbons (Fsp3) is 1.00.